The van der Waals surface area contributed by atoms with Crippen molar-refractivity contribution in [3.8, 4) is 0 Å². The molecule has 1 aromatic heterocycles. The minimum Gasteiger partial charge on any atom is -0.370 e. The molecule has 2 fully saturated rings. The average molecular weight is 449 g/mol. The van der Waals surface area contributed by atoms with Gasteiger partial charge in [-0.3, -0.25) is 14.7 Å². The largest absolute Gasteiger partial charge is 0.370 e. The second kappa shape index (κ2) is 7.44. The number of carbonyl (C=O) groups excluding carboxylic acids is 1. The number of benzene rings is 2. The maximum atomic E-state index is 12.8. The quantitative estimate of drug-likeness (QED) is 0.615. The first kappa shape index (κ1) is 20.0. The van der Waals surface area contributed by atoms with Crippen LogP contribution in [-0.2, 0) is 11.3 Å². The van der Waals surface area contributed by atoms with Crippen molar-refractivity contribution in [2.24, 2.45) is 0 Å². The number of likely N-dealkylation sites (tertiary alicyclic amines) is 1. The fraction of sp³-hybridized carbons (Fsp3) is 0.360. The molecule has 1 atom stereocenters. The highest BCUT2D eigenvalue weighted by Crippen LogP contribution is 2.43. The Hall–Kier alpha value is -2.67. The van der Waals surface area contributed by atoms with E-state index in [9.17, 15) is 4.79 Å². The van der Waals surface area contributed by atoms with Crippen molar-refractivity contribution in [2.45, 2.75) is 37.1 Å². The third-order valence-electron chi connectivity index (χ3n) is 7.08. The molecule has 6 nitrogen and oxygen atoms in total. The maximum absolute atomic E-state index is 12.8. The van der Waals surface area contributed by atoms with Gasteiger partial charge in [0.1, 0.15) is 5.66 Å². The lowest BCUT2D eigenvalue weighted by Gasteiger charge is -2.41. The SMILES string of the molecule is O=C1NC2(COC3(CCN(Cc4cccc5cccnc45)CC3)C2)Nc2ccc(Cl)cc21. The number of anilines is 1. The minimum atomic E-state index is -0.556. The molecule has 0 bridgehead atoms. The summed E-state index contributed by atoms with van der Waals surface area (Å²) >= 11 is 6.07. The predicted molar refractivity (Wildman–Crippen MR) is 125 cm³/mol. The molecule has 4 heterocycles. The van der Waals surface area contributed by atoms with Crippen LogP contribution in [0.25, 0.3) is 10.9 Å². The normalized spacial score (nSPS) is 24.5. The number of ether oxygens (including phenoxy) is 1. The molecular formula is C25H25ClN4O2. The summed E-state index contributed by atoms with van der Waals surface area (Å²) in [6.07, 6.45) is 4.51. The first-order chi connectivity index (χ1) is 15.5. The molecule has 2 spiro atoms. The highest BCUT2D eigenvalue weighted by Gasteiger charge is 2.53. The Kier molecular flexibility index (Phi) is 4.64. The fourth-order valence-corrected chi connectivity index (χ4v) is 5.62. The summed E-state index contributed by atoms with van der Waals surface area (Å²) in [6.45, 7) is 3.27. The number of nitrogens with one attached hydrogen (secondary N) is 2. The van der Waals surface area contributed by atoms with Crippen LogP contribution in [-0.4, -0.2) is 46.8 Å². The van der Waals surface area contributed by atoms with Crippen molar-refractivity contribution in [3.05, 3.63) is 70.9 Å². The van der Waals surface area contributed by atoms with Crippen LogP contribution < -0.4 is 10.6 Å². The first-order valence-corrected chi connectivity index (χ1v) is 11.5. The summed E-state index contributed by atoms with van der Waals surface area (Å²) in [6, 6.07) is 15.9. The van der Waals surface area contributed by atoms with Crippen LogP contribution in [0.15, 0.2) is 54.7 Å². The Bertz CT molecular complexity index is 1200. The standard InChI is InChI=1S/C25H25ClN4O2/c26-19-6-7-21-20(13-19)23(31)29-25(28-21)15-24(32-16-25)8-11-30(12-9-24)14-18-4-1-3-17-5-2-10-27-22(17)18/h1-7,10,13,28H,8-9,11-12,14-16H2,(H,29,31). The van der Waals surface area contributed by atoms with Gasteiger partial charge in [-0.15, -0.1) is 0 Å². The Balaban J connectivity index is 1.15. The van der Waals surface area contributed by atoms with Crippen molar-refractivity contribution < 1.29 is 9.53 Å². The lowest BCUT2D eigenvalue weighted by Crippen LogP contribution is -2.59. The molecule has 1 unspecified atom stereocenters. The molecule has 32 heavy (non-hydrogen) atoms. The monoisotopic (exact) mass is 448 g/mol. The number of aromatic nitrogens is 1. The Morgan fingerprint density at radius 3 is 2.81 bits per heavy atom. The second-order valence-corrected chi connectivity index (χ2v) is 9.70. The minimum absolute atomic E-state index is 0.0946. The number of pyridine rings is 1. The molecule has 0 saturated carbocycles. The van der Waals surface area contributed by atoms with Crippen molar-refractivity contribution >= 4 is 34.1 Å². The second-order valence-electron chi connectivity index (χ2n) is 9.27. The molecule has 3 aliphatic rings. The van der Waals surface area contributed by atoms with E-state index in [1.807, 2.05) is 24.4 Å². The zero-order valence-electron chi connectivity index (χ0n) is 17.7. The van der Waals surface area contributed by atoms with E-state index in [0.29, 0.717) is 17.2 Å². The van der Waals surface area contributed by atoms with E-state index in [2.05, 4.69) is 44.8 Å². The van der Waals surface area contributed by atoms with Gasteiger partial charge in [-0.25, -0.2) is 0 Å². The van der Waals surface area contributed by atoms with Crippen LogP contribution in [0.5, 0.6) is 0 Å². The Morgan fingerprint density at radius 1 is 1.09 bits per heavy atom. The van der Waals surface area contributed by atoms with Crippen molar-refractivity contribution in [2.75, 3.05) is 25.0 Å². The van der Waals surface area contributed by atoms with Gasteiger partial charge < -0.3 is 15.4 Å². The maximum Gasteiger partial charge on any atom is 0.255 e. The first-order valence-electron chi connectivity index (χ1n) is 11.1. The summed E-state index contributed by atoms with van der Waals surface area (Å²) in [7, 11) is 0. The van der Waals surface area contributed by atoms with E-state index in [0.717, 1.165) is 50.1 Å². The average Bonchev–Trinajstić information content (AvgIpc) is 3.13. The van der Waals surface area contributed by atoms with Gasteiger partial charge in [0.15, 0.2) is 0 Å². The molecule has 3 aliphatic heterocycles. The summed E-state index contributed by atoms with van der Waals surface area (Å²) in [5.41, 5.74) is 2.98. The zero-order chi connectivity index (χ0) is 21.8. The molecule has 2 N–H and O–H groups in total. The summed E-state index contributed by atoms with van der Waals surface area (Å²) in [5, 5.41) is 8.44. The van der Waals surface area contributed by atoms with Crippen LogP contribution in [0.1, 0.15) is 35.2 Å². The number of rotatable bonds is 2. The smallest absolute Gasteiger partial charge is 0.255 e. The number of hydrogen-bond donors (Lipinski definition) is 2. The number of amides is 1. The molecule has 0 radical (unpaired) electrons. The summed E-state index contributed by atoms with van der Waals surface area (Å²) in [5.74, 6) is -0.0946. The number of hydrogen-bond acceptors (Lipinski definition) is 5. The number of piperidine rings is 1. The third kappa shape index (κ3) is 3.43. The number of nitrogens with zero attached hydrogens (tertiary/aromatic N) is 2. The lowest BCUT2D eigenvalue weighted by atomic mass is 9.84. The number of para-hydroxylation sites is 1. The molecule has 2 saturated heterocycles. The number of carbonyl (C=O) groups is 1. The van der Waals surface area contributed by atoms with Gasteiger partial charge in [0.25, 0.3) is 5.91 Å². The molecule has 2 aromatic carbocycles. The van der Waals surface area contributed by atoms with E-state index >= 15 is 0 Å². The van der Waals surface area contributed by atoms with Crippen molar-refractivity contribution in [1.29, 1.82) is 0 Å². The summed E-state index contributed by atoms with van der Waals surface area (Å²) < 4.78 is 6.39. The van der Waals surface area contributed by atoms with Gasteiger partial charge in [0.2, 0.25) is 0 Å². The van der Waals surface area contributed by atoms with Gasteiger partial charge >= 0.3 is 0 Å². The Morgan fingerprint density at radius 2 is 1.94 bits per heavy atom. The topological polar surface area (TPSA) is 66.5 Å². The molecule has 7 heteroatoms. The molecule has 164 valence electrons. The van der Waals surface area contributed by atoms with Crippen molar-refractivity contribution in [1.82, 2.24) is 15.2 Å². The van der Waals surface area contributed by atoms with Crippen LogP contribution in [0.2, 0.25) is 5.02 Å². The van der Waals surface area contributed by atoms with Gasteiger partial charge in [-0.1, -0.05) is 35.9 Å². The van der Waals surface area contributed by atoms with E-state index in [-0.39, 0.29) is 11.5 Å². The molecular weight excluding hydrogens is 424 g/mol. The number of halogens is 1. The molecule has 0 aliphatic carbocycles. The zero-order valence-corrected chi connectivity index (χ0v) is 18.5. The highest BCUT2D eigenvalue weighted by molar-refractivity contribution is 6.31. The summed E-state index contributed by atoms with van der Waals surface area (Å²) in [4.78, 5) is 19.8. The lowest BCUT2D eigenvalue weighted by molar-refractivity contribution is -0.0452. The van der Waals surface area contributed by atoms with Crippen LogP contribution in [0.3, 0.4) is 0 Å². The fourth-order valence-electron chi connectivity index (χ4n) is 5.45. The predicted octanol–water partition coefficient (Wildman–Crippen LogP) is 4.19. The third-order valence-corrected chi connectivity index (χ3v) is 7.31. The van der Waals surface area contributed by atoms with E-state index < -0.39 is 5.66 Å². The molecule has 3 aromatic rings. The van der Waals surface area contributed by atoms with E-state index in [1.54, 1.807) is 6.07 Å². The van der Waals surface area contributed by atoms with Gasteiger partial charge in [0, 0.05) is 48.3 Å². The highest BCUT2D eigenvalue weighted by atomic mass is 35.5. The molecule has 6 rings (SSSR count). The van der Waals surface area contributed by atoms with Crippen molar-refractivity contribution in [3.63, 3.8) is 0 Å². The number of fused-ring (bicyclic) bond motifs is 2. The van der Waals surface area contributed by atoms with Crippen LogP contribution in [0.4, 0.5) is 5.69 Å². The van der Waals surface area contributed by atoms with Crippen LogP contribution >= 0.6 is 11.6 Å². The van der Waals surface area contributed by atoms with E-state index in [1.165, 1.54) is 10.9 Å². The molecule has 1 amide bonds. The van der Waals surface area contributed by atoms with Gasteiger partial charge in [-0.2, -0.15) is 0 Å². The van der Waals surface area contributed by atoms with Gasteiger partial charge in [-0.05, 0) is 42.7 Å². The van der Waals surface area contributed by atoms with Gasteiger partial charge in [0.05, 0.1) is 23.3 Å². The van der Waals surface area contributed by atoms with Crippen LogP contribution in [0, 0.1) is 0 Å². The van der Waals surface area contributed by atoms with E-state index in [4.69, 9.17) is 16.3 Å². The Labute approximate surface area is 191 Å².